The number of benzene rings is 1. The first-order chi connectivity index (χ1) is 9.80. The van der Waals surface area contributed by atoms with E-state index in [1.165, 1.54) is 14.2 Å². The summed E-state index contributed by atoms with van der Waals surface area (Å²) in [4.78, 5) is 11.9. The summed E-state index contributed by atoms with van der Waals surface area (Å²) in [6, 6.07) is 5.31. The van der Waals surface area contributed by atoms with Gasteiger partial charge in [0, 0.05) is 6.07 Å². The van der Waals surface area contributed by atoms with Gasteiger partial charge in [0.15, 0.2) is 11.5 Å². The van der Waals surface area contributed by atoms with Gasteiger partial charge in [-0.25, -0.2) is 4.79 Å². The number of rotatable bonds is 4. The van der Waals surface area contributed by atoms with Gasteiger partial charge in [-0.1, -0.05) is 0 Å². The van der Waals surface area contributed by atoms with Crippen LogP contribution in [-0.4, -0.2) is 25.9 Å². The van der Waals surface area contributed by atoms with E-state index in [2.05, 4.69) is 5.32 Å². The average molecular weight is 292 g/mol. The van der Waals surface area contributed by atoms with Crippen LogP contribution in [0.4, 0.5) is 10.5 Å². The molecule has 0 aliphatic rings. The van der Waals surface area contributed by atoms with Crippen LogP contribution in [-0.2, 0) is 11.2 Å². The van der Waals surface area contributed by atoms with E-state index in [0.29, 0.717) is 22.7 Å². The Labute approximate surface area is 124 Å². The van der Waals surface area contributed by atoms with Crippen molar-refractivity contribution in [3.8, 4) is 17.6 Å². The molecule has 1 aromatic rings. The molecule has 0 bridgehead atoms. The number of nitriles is 1. The van der Waals surface area contributed by atoms with Crippen LogP contribution in [0, 0.1) is 11.3 Å². The highest BCUT2D eigenvalue weighted by molar-refractivity contribution is 5.86. The van der Waals surface area contributed by atoms with E-state index in [4.69, 9.17) is 19.5 Å². The monoisotopic (exact) mass is 292 g/mol. The Kier molecular flexibility index (Phi) is 5.42. The summed E-state index contributed by atoms with van der Waals surface area (Å²) >= 11 is 0. The van der Waals surface area contributed by atoms with Crippen molar-refractivity contribution in [1.82, 2.24) is 0 Å². The second kappa shape index (κ2) is 6.84. The van der Waals surface area contributed by atoms with Crippen LogP contribution >= 0.6 is 0 Å². The lowest BCUT2D eigenvalue weighted by atomic mass is 10.1. The fraction of sp³-hybridized carbons (Fsp3) is 0.467. The van der Waals surface area contributed by atoms with Crippen LogP contribution in [0.3, 0.4) is 0 Å². The molecule has 0 fully saturated rings. The molecular formula is C15H20N2O4. The highest BCUT2D eigenvalue weighted by atomic mass is 16.6. The SMILES string of the molecule is COc1cc(CC#N)c(NC(=O)OC(C)(C)C)cc1OC. The summed E-state index contributed by atoms with van der Waals surface area (Å²) in [5.74, 6) is 0.961. The number of amides is 1. The largest absolute Gasteiger partial charge is 0.493 e. The van der Waals surface area contributed by atoms with Gasteiger partial charge in [0.2, 0.25) is 0 Å². The molecule has 0 aliphatic heterocycles. The number of methoxy groups -OCH3 is 2. The second-order valence-electron chi connectivity index (χ2n) is 5.33. The van der Waals surface area contributed by atoms with Crippen LogP contribution in [0.2, 0.25) is 0 Å². The van der Waals surface area contributed by atoms with Crippen LogP contribution in [0.15, 0.2) is 12.1 Å². The number of nitrogens with one attached hydrogen (secondary N) is 1. The average Bonchev–Trinajstić information content (AvgIpc) is 2.38. The van der Waals surface area contributed by atoms with Crippen molar-refractivity contribution >= 4 is 11.8 Å². The Morgan fingerprint density at radius 3 is 2.29 bits per heavy atom. The zero-order valence-electron chi connectivity index (χ0n) is 12.9. The van der Waals surface area contributed by atoms with Crippen LogP contribution in [0.1, 0.15) is 26.3 Å². The van der Waals surface area contributed by atoms with E-state index < -0.39 is 11.7 Å². The first-order valence-corrected chi connectivity index (χ1v) is 6.42. The maximum atomic E-state index is 11.9. The third kappa shape index (κ3) is 4.88. The Balaban J connectivity index is 3.09. The first kappa shape index (κ1) is 16.6. The molecule has 21 heavy (non-hydrogen) atoms. The predicted octanol–water partition coefficient (Wildman–Crippen LogP) is 3.12. The molecule has 6 nitrogen and oxygen atoms in total. The molecule has 0 aliphatic carbocycles. The molecule has 0 spiro atoms. The van der Waals surface area contributed by atoms with Crippen molar-refractivity contribution in [3.05, 3.63) is 17.7 Å². The van der Waals surface area contributed by atoms with Gasteiger partial charge in [0.25, 0.3) is 0 Å². The van der Waals surface area contributed by atoms with Crippen molar-refractivity contribution in [1.29, 1.82) is 5.26 Å². The number of carbonyl (C=O) groups excluding carboxylic acids is 1. The van der Waals surface area contributed by atoms with Crippen LogP contribution < -0.4 is 14.8 Å². The summed E-state index contributed by atoms with van der Waals surface area (Å²) in [5.41, 5.74) is 0.486. The molecule has 0 unspecified atom stereocenters. The minimum absolute atomic E-state index is 0.130. The maximum Gasteiger partial charge on any atom is 0.412 e. The number of hydrogen-bond donors (Lipinski definition) is 1. The molecule has 1 aromatic carbocycles. The van der Waals surface area contributed by atoms with Gasteiger partial charge in [-0.3, -0.25) is 5.32 Å². The Morgan fingerprint density at radius 1 is 1.24 bits per heavy atom. The van der Waals surface area contributed by atoms with Crippen LogP contribution in [0.25, 0.3) is 0 Å². The summed E-state index contributed by atoms with van der Waals surface area (Å²) in [6.07, 6.45) is -0.459. The van der Waals surface area contributed by atoms with E-state index in [9.17, 15) is 4.79 Å². The molecule has 0 radical (unpaired) electrons. The third-order valence-corrected chi connectivity index (χ3v) is 2.51. The summed E-state index contributed by atoms with van der Waals surface area (Å²) in [5, 5.41) is 11.5. The number of hydrogen-bond acceptors (Lipinski definition) is 5. The fourth-order valence-electron chi connectivity index (χ4n) is 1.68. The van der Waals surface area contributed by atoms with Gasteiger partial charge >= 0.3 is 6.09 Å². The third-order valence-electron chi connectivity index (χ3n) is 2.51. The summed E-state index contributed by atoms with van der Waals surface area (Å²) in [7, 11) is 3.01. The predicted molar refractivity (Wildman–Crippen MR) is 78.7 cm³/mol. The van der Waals surface area contributed by atoms with E-state index >= 15 is 0 Å². The van der Waals surface area contributed by atoms with E-state index in [1.54, 1.807) is 32.9 Å². The lowest BCUT2D eigenvalue weighted by molar-refractivity contribution is 0.0636. The van der Waals surface area contributed by atoms with Gasteiger partial charge in [0.1, 0.15) is 5.60 Å². The highest BCUT2D eigenvalue weighted by Crippen LogP contribution is 2.33. The minimum atomic E-state index is -0.601. The number of anilines is 1. The number of nitrogens with zero attached hydrogens (tertiary/aromatic N) is 1. The molecule has 0 heterocycles. The lowest BCUT2D eigenvalue weighted by Crippen LogP contribution is -2.27. The Morgan fingerprint density at radius 2 is 1.81 bits per heavy atom. The minimum Gasteiger partial charge on any atom is -0.493 e. The van der Waals surface area contributed by atoms with Crippen molar-refractivity contribution in [3.63, 3.8) is 0 Å². The van der Waals surface area contributed by atoms with Crippen molar-refractivity contribution in [2.45, 2.75) is 32.8 Å². The van der Waals surface area contributed by atoms with Gasteiger partial charge in [0.05, 0.1) is 32.4 Å². The molecule has 114 valence electrons. The molecule has 0 saturated heterocycles. The smallest absolute Gasteiger partial charge is 0.412 e. The Bertz CT molecular complexity index is 556. The standard InChI is InChI=1S/C15H20N2O4/c1-15(2,3)21-14(18)17-11-9-13(20-5)12(19-4)8-10(11)6-7-16/h8-9H,6H2,1-5H3,(H,17,18). The van der Waals surface area contributed by atoms with Gasteiger partial charge in [-0.05, 0) is 32.4 Å². The fourth-order valence-corrected chi connectivity index (χ4v) is 1.68. The van der Waals surface area contributed by atoms with Crippen molar-refractivity contribution in [2.24, 2.45) is 0 Å². The molecule has 1 rings (SSSR count). The maximum absolute atomic E-state index is 11.9. The molecule has 1 N–H and O–H groups in total. The molecule has 6 heteroatoms. The van der Waals surface area contributed by atoms with E-state index in [-0.39, 0.29) is 6.42 Å². The zero-order chi connectivity index (χ0) is 16.0. The Hall–Kier alpha value is -2.42. The number of ether oxygens (including phenoxy) is 3. The topological polar surface area (TPSA) is 80.6 Å². The lowest BCUT2D eigenvalue weighted by Gasteiger charge is -2.21. The summed E-state index contributed by atoms with van der Waals surface area (Å²) in [6.45, 7) is 5.33. The molecular weight excluding hydrogens is 272 g/mol. The molecule has 0 aromatic heterocycles. The molecule has 0 saturated carbocycles. The van der Waals surface area contributed by atoms with Gasteiger partial charge in [-0.2, -0.15) is 5.26 Å². The first-order valence-electron chi connectivity index (χ1n) is 6.42. The number of carbonyl (C=O) groups is 1. The molecule has 0 atom stereocenters. The van der Waals surface area contributed by atoms with Crippen molar-refractivity contribution < 1.29 is 19.0 Å². The van der Waals surface area contributed by atoms with E-state index in [0.717, 1.165) is 0 Å². The second-order valence-corrected chi connectivity index (χ2v) is 5.33. The zero-order valence-corrected chi connectivity index (χ0v) is 12.9. The normalized spacial score (nSPS) is 10.5. The molecule has 1 amide bonds. The van der Waals surface area contributed by atoms with Crippen LogP contribution in [0.5, 0.6) is 11.5 Å². The quantitative estimate of drug-likeness (QED) is 0.922. The van der Waals surface area contributed by atoms with Crippen molar-refractivity contribution in [2.75, 3.05) is 19.5 Å². The van der Waals surface area contributed by atoms with Gasteiger partial charge in [-0.15, -0.1) is 0 Å². The van der Waals surface area contributed by atoms with E-state index in [1.807, 2.05) is 6.07 Å². The summed E-state index contributed by atoms with van der Waals surface area (Å²) < 4.78 is 15.6. The van der Waals surface area contributed by atoms with Gasteiger partial charge < -0.3 is 14.2 Å². The highest BCUT2D eigenvalue weighted by Gasteiger charge is 2.18.